The molecule has 1 aliphatic heterocycles. The summed E-state index contributed by atoms with van der Waals surface area (Å²) in [6, 6.07) is 6.53. The summed E-state index contributed by atoms with van der Waals surface area (Å²) in [5.74, 6) is -0.402. The van der Waals surface area contributed by atoms with Gasteiger partial charge in [0.15, 0.2) is 0 Å². The van der Waals surface area contributed by atoms with Crippen molar-refractivity contribution in [2.75, 3.05) is 45.3 Å². The van der Waals surface area contributed by atoms with Crippen molar-refractivity contribution in [3.8, 4) is 0 Å². The van der Waals surface area contributed by atoms with Gasteiger partial charge in [-0.2, -0.15) is 0 Å². The van der Waals surface area contributed by atoms with Crippen molar-refractivity contribution in [2.24, 2.45) is 0 Å². The lowest BCUT2D eigenvalue weighted by molar-refractivity contribution is 0.0209. The first-order chi connectivity index (χ1) is 11.1. The Morgan fingerprint density at radius 1 is 1.26 bits per heavy atom. The number of esters is 1. The van der Waals surface area contributed by atoms with E-state index in [1.807, 2.05) is 0 Å². The number of hydrogen-bond donors (Lipinski definition) is 2. The number of urea groups is 1. The second kappa shape index (κ2) is 8.50. The molecule has 1 saturated heterocycles. The highest BCUT2D eigenvalue weighted by Gasteiger charge is 2.17. The van der Waals surface area contributed by atoms with Crippen LogP contribution in [0.2, 0.25) is 0 Å². The molecule has 2 amide bonds. The minimum absolute atomic E-state index is 0.256. The molecule has 0 aliphatic carbocycles. The molecule has 1 aromatic carbocycles. The number of carbonyl (C=O) groups excluding carboxylic acids is 2. The summed E-state index contributed by atoms with van der Waals surface area (Å²) in [5.41, 5.74) is 1.06. The minimum Gasteiger partial charge on any atom is -0.465 e. The molecule has 0 spiro atoms. The molecule has 23 heavy (non-hydrogen) atoms. The van der Waals surface area contributed by atoms with Gasteiger partial charge in [0.2, 0.25) is 0 Å². The molecule has 0 bridgehead atoms. The van der Waals surface area contributed by atoms with Crippen LogP contribution in [0.4, 0.5) is 10.5 Å². The maximum Gasteiger partial charge on any atom is 0.337 e. The van der Waals surface area contributed by atoms with Gasteiger partial charge in [0, 0.05) is 31.4 Å². The third-order valence-corrected chi connectivity index (χ3v) is 3.79. The summed E-state index contributed by atoms with van der Waals surface area (Å²) in [5, 5.41) is 5.59. The summed E-state index contributed by atoms with van der Waals surface area (Å²) < 4.78 is 9.94. The molecule has 1 atom stereocenters. The Labute approximate surface area is 135 Å². The maximum absolute atomic E-state index is 11.9. The van der Waals surface area contributed by atoms with E-state index in [1.165, 1.54) is 7.11 Å². The molecular formula is C16H23N3O4. The normalized spacial score (nSPS) is 16.4. The van der Waals surface area contributed by atoms with Crippen LogP contribution in [-0.2, 0) is 9.47 Å². The van der Waals surface area contributed by atoms with Crippen LogP contribution in [0.5, 0.6) is 0 Å². The molecule has 0 radical (unpaired) electrons. The number of benzene rings is 1. The molecule has 7 heteroatoms. The first-order valence-corrected chi connectivity index (χ1v) is 7.65. The molecule has 126 valence electrons. The van der Waals surface area contributed by atoms with Crippen molar-refractivity contribution >= 4 is 17.7 Å². The third kappa shape index (κ3) is 5.22. The fraction of sp³-hybridized carbons (Fsp3) is 0.500. The predicted octanol–water partition coefficient (Wildman–Crippen LogP) is 1.32. The van der Waals surface area contributed by atoms with Crippen LogP contribution in [0.15, 0.2) is 24.3 Å². The fourth-order valence-corrected chi connectivity index (χ4v) is 2.37. The largest absolute Gasteiger partial charge is 0.465 e. The molecule has 1 aromatic rings. The van der Waals surface area contributed by atoms with E-state index in [0.29, 0.717) is 17.8 Å². The van der Waals surface area contributed by atoms with Gasteiger partial charge in [0.1, 0.15) is 0 Å². The average Bonchev–Trinajstić information content (AvgIpc) is 2.60. The molecule has 1 aliphatic rings. The number of rotatable bonds is 5. The molecule has 1 heterocycles. The van der Waals surface area contributed by atoms with Crippen LogP contribution in [0.25, 0.3) is 0 Å². The zero-order valence-corrected chi connectivity index (χ0v) is 13.5. The Balaban J connectivity index is 1.76. The highest BCUT2D eigenvalue weighted by Crippen LogP contribution is 2.10. The van der Waals surface area contributed by atoms with Gasteiger partial charge >= 0.3 is 12.0 Å². The maximum atomic E-state index is 11.9. The summed E-state index contributed by atoms with van der Waals surface area (Å²) in [6.07, 6.45) is 0. The van der Waals surface area contributed by atoms with Crippen molar-refractivity contribution in [1.29, 1.82) is 0 Å². The second-order valence-electron chi connectivity index (χ2n) is 5.40. The summed E-state index contributed by atoms with van der Waals surface area (Å²) in [6.45, 7) is 5.90. The predicted molar refractivity (Wildman–Crippen MR) is 86.7 cm³/mol. The van der Waals surface area contributed by atoms with Gasteiger partial charge in [-0.25, -0.2) is 9.59 Å². The molecule has 2 N–H and O–H groups in total. The van der Waals surface area contributed by atoms with E-state index in [9.17, 15) is 9.59 Å². The topological polar surface area (TPSA) is 79.9 Å². The lowest BCUT2D eigenvalue weighted by atomic mass is 10.2. The number of nitrogens with one attached hydrogen (secondary N) is 2. The average molecular weight is 321 g/mol. The van der Waals surface area contributed by atoms with Crippen molar-refractivity contribution in [3.63, 3.8) is 0 Å². The van der Waals surface area contributed by atoms with E-state index in [4.69, 9.17) is 4.74 Å². The van der Waals surface area contributed by atoms with E-state index in [2.05, 4.69) is 27.2 Å². The number of ether oxygens (including phenoxy) is 2. The molecule has 2 rings (SSSR count). The van der Waals surface area contributed by atoms with Crippen molar-refractivity contribution in [3.05, 3.63) is 29.8 Å². The van der Waals surface area contributed by atoms with Gasteiger partial charge in [-0.1, -0.05) is 0 Å². The smallest absolute Gasteiger partial charge is 0.337 e. The number of carbonyl (C=O) groups is 2. The van der Waals surface area contributed by atoms with Crippen molar-refractivity contribution < 1.29 is 19.1 Å². The summed E-state index contributed by atoms with van der Waals surface area (Å²) in [7, 11) is 1.33. The molecule has 0 unspecified atom stereocenters. The minimum atomic E-state index is -0.402. The van der Waals surface area contributed by atoms with Crippen LogP contribution in [0, 0.1) is 0 Å². The third-order valence-electron chi connectivity index (χ3n) is 3.79. The van der Waals surface area contributed by atoms with Gasteiger partial charge in [0.25, 0.3) is 0 Å². The van der Waals surface area contributed by atoms with Gasteiger partial charge in [-0.05, 0) is 31.2 Å². The zero-order chi connectivity index (χ0) is 16.7. The van der Waals surface area contributed by atoms with Gasteiger partial charge < -0.3 is 20.1 Å². The van der Waals surface area contributed by atoms with Crippen LogP contribution < -0.4 is 10.6 Å². The van der Waals surface area contributed by atoms with Gasteiger partial charge in [-0.3, -0.25) is 4.90 Å². The quantitative estimate of drug-likeness (QED) is 0.800. The van der Waals surface area contributed by atoms with Crippen LogP contribution in [0.1, 0.15) is 17.3 Å². The van der Waals surface area contributed by atoms with Crippen LogP contribution in [-0.4, -0.2) is 62.9 Å². The number of morpholine rings is 1. The Kier molecular flexibility index (Phi) is 6.37. The Bertz CT molecular complexity index is 527. The molecule has 0 aromatic heterocycles. The first kappa shape index (κ1) is 17.2. The molecular weight excluding hydrogens is 298 g/mol. The number of methoxy groups -OCH3 is 1. The Hall–Kier alpha value is -2.12. The van der Waals surface area contributed by atoms with Crippen molar-refractivity contribution in [2.45, 2.75) is 13.0 Å². The van der Waals surface area contributed by atoms with Crippen LogP contribution in [0.3, 0.4) is 0 Å². The second-order valence-corrected chi connectivity index (χ2v) is 5.40. The standard InChI is InChI=1S/C16H23N3O4/c1-12(19-7-9-23-10-8-19)11-17-16(21)18-14-5-3-13(4-6-14)15(20)22-2/h3-6,12H,7-11H2,1-2H3,(H2,17,18,21)/t12-/m1/s1. The molecule has 7 nitrogen and oxygen atoms in total. The monoisotopic (exact) mass is 321 g/mol. The first-order valence-electron chi connectivity index (χ1n) is 7.65. The van der Waals surface area contributed by atoms with E-state index in [0.717, 1.165) is 26.3 Å². The SMILES string of the molecule is COC(=O)c1ccc(NC(=O)NC[C@@H](C)N2CCOCC2)cc1. The van der Waals surface area contributed by atoms with Gasteiger partial charge in [0.05, 0.1) is 25.9 Å². The lowest BCUT2D eigenvalue weighted by Gasteiger charge is -2.32. The lowest BCUT2D eigenvalue weighted by Crippen LogP contribution is -2.47. The number of nitrogens with zero attached hydrogens (tertiary/aromatic N) is 1. The molecule has 1 fully saturated rings. The van der Waals surface area contributed by atoms with E-state index in [1.54, 1.807) is 24.3 Å². The number of anilines is 1. The Morgan fingerprint density at radius 3 is 2.52 bits per heavy atom. The summed E-state index contributed by atoms with van der Waals surface area (Å²) >= 11 is 0. The highest BCUT2D eigenvalue weighted by molar-refractivity contribution is 5.92. The molecule has 0 saturated carbocycles. The number of hydrogen-bond acceptors (Lipinski definition) is 5. The fourth-order valence-electron chi connectivity index (χ4n) is 2.37. The summed E-state index contributed by atoms with van der Waals surface area (Å²) in [4.78, 5) is 25.5. The van der Waals surface area contributed by atoms with E-state index >= 15 is 0 Å². The van der Waals surface area contributed by atoms with E-state index < -0.39 is 5.97 Å². The Morgan fingerprint density at radius 2 is 1.91 bits per heavy atom. The number of amides is 2. The van der Waals surface area contributed by atoms with E-state index in [-0.39, 0.29) is 12.1 Å². The zero-order valence-electron chi connectivity index (χ0n) is 13.5. The highest BCUT2D eigenvalue weighted by atomic mass is 16.5. The van der Waals surface area contributed by atoms with Crippen LogP contribution >= 0.6 is 0 Å². The van der Waals surface area contributed by atoms with Crippen molar-refractivity contribution in [1.82, 2.24) is 10.2 Å². The van der Waals surface area contributed by atoms with Gasteiger partial charge in [-0.15, -0.1) is 0 Å².